The van der Waals surface area contributed by atoms with E-state index in [0.29, 0.717) is 36.4 Å². The van der Waals surface area contributed by atoms with Gasteiger partial charge in [0.25, 0.3) is 5.56 Å². The van der Waals surface area contributed by atoms with Crippen molar-refractivity contribution in [2.24, 2.45) is 0 Å². The maximum Gasteiger partial charge on any atom is 0.263 e. The monoisotopic (exact) mass is 457 g/mol. The molecular formula is C27H31N5O2. The fourth-order valence-corrected chi connectivity index (χ4v) is 4.94. The van der Waals surface area contributed by atoms with E-state index < -0.39 is 0 Å². The largest absolute Gasteiger partial charge is 0.353 e. The molecule has 7 heteroatoms. The second-order valence-electron chi connectivity index (χ2n) is 9.40. The molecule has 1 N–H and O–H groups in total. The number of carbonyl (C=O) groups is 1. The van der Waals surface area contributed by atoms with Crippen LogP contribution >= 0.6 is 0 Å². The average Bonchev–Trinajstić information content (AvgIpc) is 3.10. The summed E-state index contributed by atoms with van der Waals surface area (Å²) < 4.78 is 3.61. The van der Waals surface area contributed by atoms with E-state index in [2.05, 4.69) is 15.5 Å². The molecule has 0 unspecified atom stereocenters. The van der Waals surface area contributed by atoms with Gasteiger partial charge < -0.3 is 5.32 Å². The molecule has 0 radical (unpaired) electrons. The molecule has 0 saturated heterocycles. The average molecular weight is 458 g/mol. The number of aryl methyl sites for hydroxylation is 2. The highest BCUT2D eigenvalue weighted by molar-refractivity contribution is 5.80. The van der Waals surface area contributed by atoms with Crippen molar-refractivity contribution in [2.75, 3.05) is 0 Å². The lowest BCUT2D eigenvalue weighted by Gasteiger charge is -2.16. The van der Waals surface area contributed by atoms with Crippen LogP contribution in [-0.2, 0) is 17.8 Å². The van der Waals surface area contributed by atoms with Crippen LogP contribution in [0.4, 0.5) is 0 Å². The molecule has 2 aromatic heterocycles. The summed E-state index contributed by atoms with van der Waals surface area (Å²) in [5.74, 6) is 1.25. The summed E-state index contributed by atoms with van der Waals surface area (Å²) in [6.45, 7) is 2.45. The molecule has 0 aliphatic heterocycles. The molecule has 4 aromatic rings. The van der Waals surface area contributed by atoms with E-state index >= 15 is 0 Å². The molecular weight excluding hydrogens is 426 g/mol. The van der Waals surface area contributed by atoms with Crippen molar-refractivity contribution in [3.05, 3.63) is 75.8 Å². The molecule has 1 aliphatic rings. The van der Waals surface area contributed by atoms with Crippen molar-refractivity contribution in [3.63, 3.8) is 0 Å². The summed E-state index contributed by atoms with van der Waals surface area (Å²) in [6, 6.07) is 16.0. The molecule has 1 amide bonds. The first-order valence-electron chi connectivity index (χ1n) is 12.3. The zero-order valence-electron chi connectivity index (χ0n) is 19.7. The standard InChI is InChI=1S/C27H31N5O2/c1-19-12-14-20(15-13-19)18-31-26(34)22-10-6-7-11-23(22)32-24(29-30-27(31)32)16-17-25(33)28-21-8-4-2-3-5-9-21/h6-7,10-15,21H,2-5,8-9,16-18H2,1H3,(H,28,33). The van der Waals surface area contributed by atoms with Crippen LogP contribution in [0.1, 0.15) is 61.9 Å². The van der Waals surface area contributed by atoms with Crippen molar-refractivity contribution < 1.29 is 4.79 Å². The molecule has 2 heterocycles. The molecule has 0 spiro atoms. The van der Waals surface area contributed by atoms with Crippen LogP contribution in [0.5, 0.6) is 0 Å². The molecule has 1 fully saturated rings. The number of para-hydroxylation sites is 1. The molecule has 176 valence electrons. The Morgan fingerprint density at radius 3 is 2.50 bits per heavy atom. The van der Waals surface area contributed by atoms with Gasteiger partial charge in [-0.15, -0.1) is 10.2 Å². The number of benzene rings is 2. The van der Waals surface area contributed by atoms with E-state index in [4.69, 9.17) is 0 Å². The number of rotatable bonds is 6. The predicted molar refractivity (Wildman–Crippen MR) is 133 cm³/mol. The van der Waals surface area contributed by atoms with Crippen LogP contribution < -0.4 is 10.9 Å². The van der Waals surface area contributed by atoms with Gasteiger partial charge >= 0.3 is 0 Å². The van der Waals surface area contributed by atoms with Crippen LogP contribution in [0.25, 0.3) is 16.7 Å². The maximum atomic E-state index is 13.4. The van der Waals surface area contributed by atoms with Gasteiger partial charge in [-0.25, -0.2) is 0 Å². The van der Waals surface area contributed by atoms with Gasteiger partial charge in [-0.05, 0) is 37.5 Å². The van der Waals surface area contributed by atoms with E-state index in [9.17, 15) is 9.59 Å². The quantitative estimate of drug-likeness (QED) is 0.441. The molecule has 7 nitrogen and oxygen atoms in total. The van der Waals surface area contributed by atoms with E-state index in [-0.39, 0.29) is 17.5 Å². The van der Waals surface area contributed by atoms with E-state index in [1.807, 2.05) is 59.9 Å². The van der Waals surface area contributed by atoms with Crippen molar-refractivity contribution in [2.45, 2.75) is 70.9 Å². The van der Waals surface area contributed by atoms with Gasteiger partial charge in [-0.2, -0.15) is 0 Å². The number of carbonyl (C=O) groups excluding carboxylic acids is 1. The van der Waals surface area contributed by atoms with Crippen LogP contribution in [0.15, 0.2) is 53.3 Å². The zero-order valence-corrected chi connectivity index (χ0v) is 19.7. The van der Waals surface area contributed by atoms with Gasteiger partial charge in [0.15, 0.2) is 0 Å². The van der Waals surface area contributed by atoms with E-state index in [1.165, 1.54) is 31.2 Å². The maximum absolute atomic E-state index is 13.4. The summed E-state index contributed by atoms with van der Waals surface area (Å²) in [5, 5.41) is 12.6. The lowest BCUT2D eigenvalue weighted by molar-refractivity contribution is -0.121. The lowest BCUT2D eigenvalue weighted by Crippen LogP contribution is -2.34. The third kappa shape index (κ3) is 4.60. The molecule has 2 aromatic carbocycles. The van der Waals surface area contributed by atoms with E-state index in [0.717, 1.165) is 23.9 Å². The Balaban J connectivity index is 1.45. The lowest BCUT2D eigenvalue weighted by atomic mass is 10.1. The number of nitrogens with one attached hydrogen (secondary N) is 1. The highest BCUT2D eigenvalue weighted by Gasteiger charge is 2.19. The summed E-state index contributed by atoms with van der Waals surface area (Å²) in [6.07, 6.45) is 7.83. The number of aromatic nitrogens is 4. The van der Waals surface area contributed by atoms with Gasteiger partial charge in [0, 0.05) is 18.9 Å². The second kappa shape index (κ2) is 9.79. The van der Waals surface area contributed by atoms with Gasteiger partial charge in [0.2, 0.25) is 11.7 Å². The van der Waals surface area contributed by atoms with Gasteiger partial charge in [0.1, 0.15) is 5.82 Å². The Labute approximate surface area is 198 Å². The molecule has 0 bridgehead atoms. The Kier molecular flexibility index (Phi) is 6.43. The Morgan fingerprint density at radius 2 is 1.74 bits per heavy atom. The highest BCUT2D eigenvalue weighted by atomic mass is 16.1. The summed E-state index contributed by atoms with van der Waals surface area (Å²) in [7, 11) is 0. The van der Waals surface area contributed by atoms with Crippen LogP contribution in [0, 0.1) is 6.92 Å². The molecule has 1 saturated carbocycles. The first-order valence-corrected chi connectivity index (χ1v) is 12.3. The van der Waals surface area contributed by atoms with Gasteiger partial charge in [-0.3, -0.25) is 18.6 Å². The Hall–Kier alpha value is -3.48. The molecule has 1 aliphatic carbocycles. The summed E-state index contributed by atoms with van der Waals surface area (Å²) >= 11 is 0. The number of amides is 1. The highest BCUT2D eigenvalue weighted by Crippen LogP contribution is 2.19. The van der Waals surface area contributed by atoms with Crippen molar-refractivity contribution >= 4 is 22.6 Å². The first kappa shape index (κ1) is 22.3. The third-order valence-electron chi connectivity index (χ3n) is 6.83. The second-order valence-corrected chi connectivity index (χ2v) is 9.40. The minimum absolute atomic E-state index is 0.0564. The zero-order chi connectivity index (χ0) is 23.5. The number of hydrogen-bond acceptors (Lipinski definition) is 4. The number of fused-ring (bicyclic) bond motifs is 3. The summed E-state index contributed by atoms with van der Waals surface area (Å²) in [5.41, 5.74) is 2.88. The first-order chi connectivity index (χ1) is 16.6. The minimum Gasteiger partial charge on any atom is -0.353 e. The van der Waals surface area contributed by atoms with Crippen molar-refractivity contribution in [1.29, 1.82) is 0 Å². The van der Waals surface area contributed by atoms with Crippen LogP contribution in [0.3, 0.4) is 0 Å². The van der Waals surface area contributed by atoms with E-state index in [1.54, 1.807) is 4.57 Å². The van der Waals surface area contributed by atoms with Gasteiger partial charge in [-0.1, -0.05) is 67.6 Å². The van der Waals surface area contributed by atoms with Crippen LogP contribution in [-0.4, -0.2) is 31.1 Å². The molecule has 34 heavy (non-hydrogen) atoms. The smallest absolute Gasteiger partial charge is 0.263 e. The molecule has 5 rings (SSSR count). The van der Waals surface area contributed by atoms with Crippen LogP contribution in [0.2, 0.25) is 0 Å². The SMILES string of the molecule is Cc1ccc(Cn2c(=O)c3ccccc3n3c(CCC(=O)NC4CCCCCC4)nnc23)cc1. The fraction of sp³-hybridized carbons (Fsp3) is 0.407. The Morgan fingerprint density at radius 1 is 1.00 bits per heavy atom. The predicted octanol–water partition coefficient (Wildman–Crippen LogP) is 4.17. The molecule has 0 atom stereocenters. The minimum atomic E-state index is -0.0891. The number of nitrogens with zero attached hydrogens (tertiary/aromatic N) is 4. The van der Waals surface area contributed by atoms with Crippen molar-refractivity contribution in [3.8, 4) is 0 Å². The fourth-order valence-electron chi connectivity index (χ4n) is 4.94. The number of hydrogen-bond donors (Lipinski definition) is 1. The van der Waals surface area contributed by atoms with Crippen molar-refractivity contribution in [1.82, 2.24) is 24.5 Å². The van der Waals surface area contributed by atoms with Gasteiger partial charge in [0.05, 0.1) is 17.4 Å². The summed E-state index contributed by atoms with van der Waals surface area (Å²) in [4.78, 5) is 26.0. The topological polar surface area (TPSA) is 81.3 Å². The Bertz CT molecular complexity index is 1360. The third-order valence-corrected chi connectivity index (χ3v) is 6.83. The normalized spacial score (nSPS) is 15.0.